The smallest absolute Gasteiger partial charge is 0.225 e. The molecular formula is C16H18FN3O2S. The fourth-order valence-electron chi connectivity index (χ4n) is 2.65. The van der Waals surface area contributed by atoms with Crippen molar-refractivity contribution >= 4 is 22.4 Å². The molecule has 1 aromatic heterocycles. The van der Waals surface area contributed by atoms with Gasteiger partial charge in [0.15, 0.2) is 5.13 Å². The standard InChI is InChI=1S/C16H18FN3O2S/c17-13-3-1-2-12(10-13)14(21)11-15(22)19-5-7-20(8-6-19)16-18-4-9-23-16/h1-4,9-10,14,21H,5-8,11H2. The summed E-state index contributed by atoms with van der Waals surface area (Å²) in [5, 5.41) is 13.0. The lowest BCUT2D eigenvalue weighted by atomic mass is 10.1. The van der Waals surface area contributed by atoms with Crippen molar-refractivity contribution < 1.29 is 14.3 Å². The van der Waals surface area contributed by atoms with Crippen LogP contribution in [0.25, 0.3) is 0 Å². The second-order valence-corrected chi connectivity index (χ2v) is 6.33. The van der Waals surface area contributed by atoms with Crippen molar-refractivity contribution in [1.82, 2.24) is 9.88 Å². The molecule has 3 rings (SSSR count). The Morgan fingerprint density at radius 1 is 1.35 bits per heavy atom. The van der Waals surface area contributed by atoms with Gasteiger partial charge in [0.25, 0.3) is 0 Å². The summed E-state index contributed by atoms with van der Waals surface area (Å²) in [4.78, 5) is 20.5. The van der Waals surface area contributed by atoms with Gasteiger partial charge < -0.3 is 14.9 Å². The zero-order chi connectivity index (χ0) is 16.2. The van der Waals surface area contributed by atoms with E-state index in [4.69, 9.17) is 0 Å². The van der Waals surface area contributed by atoms with Crippen molar-refractivity contribution in [3.05, 3.63) is 47.2 Å². The van der Waals surface area contributed by atoms with Crippen molar-refractivity contribution in [2.45, 2.75) is 12.5 Å². The number of anilines is 1. The molecule has 1 saturated heterocycles. The lowest BCUT2D eigenvalue weighted by molar-refractivity contribution is -0.133. The summed E-state index contributed by atoms with van der Waals surface area (Å²) in [6.07, 6.45) is 0.767. The van der Waals surface area contributed by atoms with E-state index in [9.17, 15) is 14.3 Å². The lowest BCUT2D eigenvalue weighted by Gasteiger charge is -2.35. The van der Waals surface area contributed by atoms with Crippen LogP contribution in [-0.2, 0) is 4.79 Å². The van der Waals surface area contributed by atoms with Crippen LogP contribution in [0.4, 0.5) is 9.52 Å². The quantitative estimate of drug-likeness (QED) is 0.929. The number of hydrogen-bond acceptors (Lipinski definition) is 5. The highest BCUT2D eigenvalue weighted by atomic mass is 32.1. The predicted molar refractivity (Wildman–Crippen MR) is 86.9 cm³/mol. The molecule has 0 aliphatic carbocycles. The summed E-state index contributed by atoms with van der Waals surface area (Å²) in [6.45, 7) is 2.67. The number of piperazine rings is 1. The number of aliphatic hydroxyl groups is 1. The normalized spacial score (nSPS) is 16.4. The molecule has 23 heavy (non-hydrogen) atoms. The third kappa shape index (κ3) is 3.86. The van der Waals surface area contributed by atoms with Gasteiger partial charge in [0.2, 0.25) is 5.91 Å². The second kappa shape index (κ2) is 7.06. The molecule has 0 saturated carbocycles. The van der Waals surface area contributed by atoms with Gasteiger partial charge in [-0.15, -0.1) is 11.3 Å². The minimum Gasteiger partial charge on any atom is -0.388 e. The maximum Gasteiger partial charge on any atom is 0.225 e. The van der Waals surface area contributed by atoms with Crippen LogP contribution in [0.3, 0.4) is 0 Å². The van der Waals surface area contributed by atoms with E-state index in [-0.39, 0.29) is 12.3 Å². The zero-order valence-electron chi connectivity index (χ0n) is 12.6. The third-order valence-electron chi connectivity index (χ3n) is 3.92. The maximum absolute atomic E-state index is 13.2. The van der Waals surface area contributed by atoms with Gasteiger partial charge in [-0.25, -0.2) is 9.37 Å². The Labute approximate surface area is 138 Å². The minimum atomic E-state index is -0.977. The van der Waals surface area contributed by atoms with Crippen LogP contribution < -0.4 is 4.90 Å². The van der Waals surface area contributed by atoms with Gasteiger partial charge in [0.05, 0.1) is 12.5 Å². The first-order valence-electron chi connectivity index (χ1n) is 7.49. The fraction of sp³-hybridized carbons (Fsp3) is 0.375. The van der Waals surface area contributed by atoms with Gasteiger partial charge >= 0.3 is 0 Å². The van der Waals surface area contributed by atoms with Crippen molar-refractivity contribution in [2.75, 3.05) is 31.1 Å². The fourth-order valence-corrected chi connectivity index (χ4v) is 3.34. The first-order valence-corrected chi connectivity index (χ1v) is 8.37. The Kier molecular flexibility index (Phi) is 4.88. The first-order chi connectivity index (χ1) is 11.1. The van der Waals surface area contributed by atoms with E-state index in [1.165, 1.54) is 18.2 Å². The van der Waals surface area contributed by atoms with E-state index in [0.717, 1.165) is 18.2 Å². The van der Waals surface area contributed by atoms with Crippen LogP contribution in [0, 0.1) is 5.82 Å². The Morgan fingerprint density at radius 2 is 2.13 bits per heavy atom. The number of aliphatic hydroxyl groups excluding tert-OH is 1. The molecule has 5 nitrogen and oxygen atoms in total. The largest absolute Gasteiger partial charge is 0.388 e. The van der Waals surface area contributed by atoms with Crippen molar-refractivity contribution in [2.24, 2.45) is 0 Å². The summed E-state index contributed by atoms with van der Waals surface area (Å²) >= 11 is 1.58. The average Bonchev–Trinajstić information content (AvgIpc) is 3.09. The minimum absolute atomic E-state index is 0.0271. The number of carbonyl (C=O) groups excluding carboxylic acids is 1. The van der Waals surface area contributed by atoms with E-state index in [2.05, 4.69) is 9.88 Å². The van der Waals surface area contributed by atoms with Gasteiger partial charge in [-0.05, 0) is 17.7 Å². The maximum atomic E-state index is 13.2. The Morgan fingerprint density at radius 3 is 2.78 bits per heavy atom. The predicted octanol–water partition coefficient (Wildman–Crippen LogP) is 2.05. The van der Waals surface area contributed by atoms with Crippen molar-refractivity contribution in [1.29, 1.82) is 0 Å². The molecule has 2 heterocycles. The summed E-state index contributed by atoms with van der Waals surface area (Å²) in [6, 6.07) is 5.74. The molecule has 2 aromatic rings. The highest BCUT2D eigenvalue weighted by Gasteiger charge is 2.24. The SMILES string of the molecule is O=C(CC(O)c1cccc(F)c1)N1CCN(c2nccs2)CC1. The molecule has 1 aliphatic heterocycles. The van der Waals surface area contributed by atoms with Crippen LogP contribution in [0.2, 0.25) is 0 Å². The number of rotatable bonds is 4. The van der Waals surface area contributed by atoms with Crippen LogP contribution >= 0.6 is 11.3 Å². The zero-order valence-corrected chi connectivity index (χ0v) is 13.4. The van der Waals surface area contributed by atoms with Gasteiger partial charge in [0, 0.05) is 37.8 Å². The molecule has 1 aromatic carbocycles. The molecule has 1 fully saturated rings. The van der Waals surface area contributed by atoms with Crippen molar-refractivity contribution in [3.8, 4) is 0 Å². The van der Waals surface area contributed by atoms with Crippen LogP contribution in [0.15, 0.2) is 35.8 Å². The van der Waals surface area contributed by atoms with Gasteiger partial charge in [-0.3, -0.25) is 4.79 Å². The molecule has 1 amide bonds. The molecule has 7 heteroatoms. The van der Waals surface area contributed by atoms with Gasteiger partial charge in [-0.2, -0.15) is 0 Å². The number of halogens is 1. The number of nitrogens with zero attached hydrogens (tertiary/aromatic N) is 3. The van der Waals surface area contributed by atoms with Crippen LogP contribution in [-0.4, -0.2) is 47.1 Å². The molecule has 1 unspecified atom stereocenters. The lowest BCUT2D eigenvalue weighted by Crippen LogP contribution is -2.49. The Bertz CT molecular complexity index is 657. The molecule has 1 aliphatic rings. The van der Waals surface area contributed by atoms with Gasteiger partial charge in [0.1, 0.15) is 5.82 Å². The van der Waals surface area contributed by atoms with E-state index in [1.54, 1.807) is 28.5 Å². The molecule has 0 spiro atoms. The number of benzene rings is 1. The second-order valence-electron chi connectivity index (χ2n) is 5.46. The summed E-state index contributed by atoms with van der Waals surface area (Å²) in [5.74, 6) is -0.522. The highest BCUT2D eigenvalue weighted by Crippen LogP contribution is 2.21. The summed E-state index contributed by atoms with van der Waals surface area (Å²) < 4.78 is 13.2. The van der Waals surface area contributed by atoms with Crippen LogP contribution in [0.5, 0.6) is 0 Å². The number of hydrogen-bond donors (Lipinski definition) is 1. The third-order valence-corrected chi connectivity index (χ3v) is 4.76. The monoisotopic (exact) mass is 335 g/mol. The van der Waals surface area contributed by atoms with Gasteiger partial charge in [-0.1, -0.05) is 12.1 Å². The Balaban J connectivity index is 1.53. The van der Waals surface area contributed by atoms with Crippen molar-refractivity contribution in [3.63, 3.8) is 0 Å². The molecule has 0 radical (unpaired) electrons. The molecule has 0 bridgehead atoms. The average molecular weight is 335 g/mol. The summed E-state index contributed by atoms with van der Waals surface area (Å²) in [5.41, 5.74) is 0.430. The summed E-state index contributed by atoms with van der Waals surface area (Å²) in [7, 11) is 0. The molecule has 122 valence electrons. The first kappa shape index (κ1) is 15.9. The number of aromatic nitrogens is 1. The van der Waals surface area contributed by atoms with E-state index in [0.29, 0.717) is 18.7 Å². The highest BCUT2D eigenvalue weighted by molar-refractivity contribution is 7.13. The number of amides is 1. The topological polar surface area (TPSA) is 56.7 Å². The number of thiazole rings is 1. The molecule has 1 atom stereocenters. The van der Waals surface area contributed by atoms with E-state index in [1.807, 2.05) is 5.38 Å². The van der Waals surface area contributed by atoms with Crippen LogP contribution in [0.1, 0.15) is 18.1 Å². The van der Waals surface area contributed by atoms with E-state index < -0.39 is 11.9 Å². The molecule has 1 N–H and O–H groups in total. The Hall–Kier alpha value is -1.99. The molecular weight excluding hydrogens is 317 g/mol. The number of carbonyl (C=O) groups is 1. The van der Waals surface area contributed by atoms with E-state index >= 15 is 0 Å².